The van der Waals surface area contributed by atoms with Gasteiger partial charge in [0, 0.05) is 12.6 Å². The van der Waals surface area contributed by atoms with Crippen LogP contribution in [0.4, 0.5) is 18.9 Å². The average Bonchev–Trinajstić information content (AvgIpc) is 2.90. The van der Waals surface area contributed by atoms with Gasteiger partial charge in [-0.25, -0.2) is 4.99 Å². The summed E-state index contributed by atoms with van der Waals surface area (Å²) in [5.74, 6) is 0. The van der Waals surface area contributed by atoms with Crippen molar-refractivity contribution in [3.63, 3.8) is 0 Å². The molecule has 0 bridgehead atoms. The van der Waals surface area contributed by atoms with Gasteiger partial charge in [0.25, 0.3) is 0 Å². The summed E-state index contributed by atoms with van der Waals surface area (Å²) in [5.41, 5.74) is 4.59. The molecule has 112 valence electrons. The van der Waals surface area contributed by atoms with E-state index in [0.717, 1.165) is 0 Å². The quantitative estimate of drug-likeness (QED) is 0.697. The van der Waals surface area contributed by atoms with Gasteiger partial charge in [0.2, 0.25) is 0 Å². The molecular formula is C13H11BF3N5. The molecule has 2 radical (unpaired) electrons. The Labute approximate surface area is 125 Å². The van der Waals surface area contributed by atoms with Crippen LogP contribution in [0.1, 0.15) is 0 Å². The van der Waals surface area contributed by atoms with Gasteiger partial charge in [-0.1, -0.05) is 22.8 Å². The molecule has 0 atom stereocenters. The minimum absolute atomic E-state index is 0.102. The highest BCUT2D eigenvalue weighted by Gasteiger charge is 2.36. The standard InChI is InChI=1S/C13H11BF3N5/c1-22-7-11(20-21-22)8-2-4-9(5-3-8)19-12(10(14)6-18)13(15,16)17/h2-7H,18H2,1H3. The molecular weight excluding hydrogens is 294 g/mol. The normalized spacial score (nSPS) is 13.5. The summed E-state index contributed by atoms with van der Waals surface area (Å²) >= 11 is 0. The molecule has 0 fully saturated rings. The molecule has 0 aliphatic carbocycles. The molecule has 0 spiro atoms. The van der Waals surface area contributed by atoms with Crippen molar-refractivity contribution in [3.05, 3.63) is 42.1 Å². The summed E-state index contributed by atoms with van der Waals surface area (Å²) in [7, 11) is 6.95. The fraction of sp³-hybridized carbons (Fsp3) is 0.154. The van der Waals surface area contributed by atoms with Gasteiger partial charge in [0.1, 0.15) is 19.3 Å². The molecule has 9 heteroatoms. The fourth-order valence-corrected chi connectivity index (χ4v) is 1.69. The first-order valence-electron chi connectivity index (χ1n) is 6.11. The van der Waals surface area contributed by atoms with Crippen molar-refractivity contribution in [2.45, 2.75) is 6.18 Å². The highest BCUT2D eigenvalue weighted by Crippen LogP contribution is 2.26. The van der Waals surface area contributed by atoms with Crippen molar-refractivity contribution < 1.29 is 13.2 Å². The van der Waals surface area contributed by atoms with E-state index in [-0.39, 0.29) is 5.69 Å². The van der Waals surface area contributed by atoms with E-state index < -0.39 is 17.4 Å². The number of rotatable bonds is 3. The number of aryl methyl sites for hydroxylation is 1. The van der Waals surface area contributed by atoms with Crippen LogP contribution in [0.2, 0.25) is 0 Å². The number of alkyl halides is 3. The number of halogens is 3. The fourth-order valence-electron chi connectivity index (χ4n) is 1.69. The van der Waals surface area contributed by atoms with E-state index in [0.29, 0.717) is 17.5 Å². The molecule has 0 unspecified atom stereocenters. The predicted molar refractivity (Wildman–Crippen MR) is 77.6 cm³/mol. The van der Waals surface area contributed by atoms with E-state index in [4.69, 9.17) is 13.6 Å². The zero-order valence-corrected chi connectivity index (χ0v) is 11.5. The Bertz CT molecular complexity index is 716. The van der Waals surface area contributed by atoms with Crippen LogP contribution >= 0.6 is 0 Å². The number of aliphatic imine (C=N–C) groups is 1. The molecule has 2 aromatic rings. The molecule has 2 N–H and O–H groups in total. The molecule has 1 aromatic carbocycles. The highest BCUT2D eigenvalue weighted by molar-refractivity contribution is 6.39. The Kier molecular flexibility index (Phi) is 4.34. The third kappa shape index (κ3) is 3.54. The van der Waals surface area contributed by atoms with Crippen molar-refractivity contribution >= 4 is 19.2 Å². The monoisotopic (exact) mass is 305 g/mol. The smallest absolute Gasteiger partial charge is 0.405 e. The van der Waals surface area contributed by atoms with Gasteiger partial charge >= 0.3 is 6.18 Å². The van der Waals surface area contributed by atoms with Gasteiger partial charge in [-0.2, -0.15) is 13.2 Å². The van der Waals surface area contributed by atoms with Crippen molar-refractivity contribution in [2.75, 3.05) is 0 Å². The average molecular weight is 305 g/mol. The van der Waals surface area contributed by atoms with Crippen molar-refractivity contribution in [2.24, 2.45) is 17.8 Å². The van der Waals surface area contributed by atoms with Gasteiger partial charge < -0.3 is 5.73 Å². The minimum Gasteiger partial charge on any atom is -0.405 e. The van der Waals surface area contributed by atoms with Crippen LogP contribution in [-0.2, 0) is 7.05 Å². The molecule has 2 rings (SSSR count). The van der Waals surface area contributed by atoms with Crippen LogP contribution in [-0.4, -0.2) is 34.7 Å². The van der Waals surface area contributed by atoms with Crippen LogP contribution in [0, 0.1) is 0 Å². The Morgan fingerprint density at radius 1 is 1.32 bits per heavy atom. The van der Waals surface area contributed by atoms with Crippen LogP contribution in [0.5, 0.6) is 0 Å². The van der Waals surface area contributed by atoms with Gasteiger partial charge in [0.15, 0.2) is 0 Å². The van der Waals surface area contributed by atoms with Crippen LogP contribution < -0.4 is 5.73 Å². The molecule has 22 heavy (non-hydrogen) atoms. The first-order chi connectivity index (χ1) is 10.3. The number of aromatic nitrogens is 3. The van der Waals surface area contributed by atoms with Gasteiger partial charge in [-0.3, -0.25) is 4.68 Å². The number of benzene rings is 1. The molecule has 1 heterocycles. The number of hydrogen-bond acceptors (Lipinski definition) is 4. The van der Waals surface area contributed by atoms with Crippen molar-refractivity contribution in [1.82, 2.24) is 15.0 Å². The maximum Gasteiger partial charge on any atom is 0.432 e. The second-order valence-electron chi connectivity index (χ2n) is 4.40. The Hall–Kier alpha value is -2.58. The topological polar surface area (TPSA) is 69.1 Å². The van der Waals surface area contributed by atoms with E-state index >= 15 is 0 Å². The van der Waals surface area contributed by atoms with Gasteiger partial charge in [-0.15, -0.1) is 5.10 Å². The van der Waals surface area contributed by atoms with E-state index in [1.165, 1.54) is 16.8 Å². The zero-order chi connectivity index (χ0) is 16.3. The largest absolute Gasteiger partial charge is 0.432 e. The summed E-state index contributed by atoms with van der Waals surface area (Å²) in [6.45, 7) is 0. The maximum absolute atomic E-state index is 12.9. The van der Waals surface area contributed by atoms with Gasteiger partial charge in [-0.05, 0) is 18.3 Å². The summed E-state index contributed by atoms with van der Waals surface area (Å²) in [4.78, 5) is 3.52. The van der Waals surface area contributed by atoms with E-state index in [9.17, 15) is 13.2 Å². The summed E-state index contributed by atoms with van der Waals surface area (Å²) in [6.07, 6.45) is -2.33. The second-order valence-corrected chi connectivity index (χ2v) is 4.40. The van der Waals surface area contributed by atoms with E-state index in [1.807, 2.05) is 0 Å². The first kappa shape index (κ1) is 15.8. The van der Waals surface area contributed by atoms with Gasteiger partial charge in [0.05, 0.1) is 11.9 Å². The second kappa shape index (κ2) is 6.04. The van der Waals surface area contributed by atoms with Crippen LogP contribution in [0.3, 0.4) is 0 Å². The Morgan fingerprint density at radius 2 is 1.95 bits per heavy atom. The lowest BCUT2D eigenvalue weighted by Gasteiger charge is -2.11. The molecule has 0 saturated heterocycles. The molecule has 1 aromatic heterocycles. The summed E-state index contributed by atoms with van der Waals surface area (Å²) in [5, 5.41) is 7.69. The highest BCUT2D eigenvalue weighted by atomic mass is 19.4. The third-order valence-corrected chi connectivity index (χ3v) is 2.73. The first-order valence-corrected chi connectivity index (χ1v) is 6.11. The molecule has 0 saturated carbocycles. The lowest BCUT2D eigenvalue weighted by Crippen LogP contribution is -2.25. The Balaban J connectivity index is 2.35. The number of allylic oxidation sites excluding steroid dienone is 1. The lowest BCUT2D eigenvalue weighted by molar-refractivity contribution is -0.0578. The number of hydrogen-bond donors (Lipinski definition) is 1. The number of nitrogens with two attached hydrogens (primary N) is 1. The lowest BCUT2D eigenvalue weighted by atomic mass is 9.91. The van der Waals surface area contributed by atoms with Crippen molar-refractivity contribution in [3.8, 4) is 11.3 Å². The molecule has 0 amide bonds. The SMILES string of the molecule is [B]C(=CN)C(=Nc1ccc(-c2cn(C)nn2)cc1)C(F)(F)F. The maximum atomic E-state index is 12.9. The van der Waals surface area contributed by atoms with E-state index in [1.54, 1.807) is 25.4 Å². The van der Waals surface area contributed by atoms with Crippen LogP contribution in [0.15, 0.2) is 47.1 Å². The Morgan fingerprint density at radius 3 is 2.41 bits per heavy atom. The van der Waals surface area contributed by atoms with E-state index in [2.05, 4.69) is 15.3 Å². The van der Waals surface area contributed by atoms with Crippen LogP contribution in [0.25, 0.3) is 11.3 Å². The molecule has 0 aliphatic rings. The predicted octanol–water partition coefficient (Wildman–Crippen LogP) is 2.09. The summed E-state index contributed by atoms with van der Waals surface area (Å²) in [6, 6.07) is 6.05. The molecule has 0 aliphatic heterocycles. The molecule has 5 nitrogen and oxygen atoms in total. The number of nitrogens with zero attached hydrogens (tertiary/aromatic N) is 4. The van der Waals surface area contributed by atoms with Crippen molar-refractivity contribution in [1.29, 1.82) is 0 Å². The third-order valence-electron chi connectivity index (χ3n) is 2.73. The zero-order valence-electron chi connectivity index (χ0n) is 11.5. The minimum atomic E-state index is -4.69. The summed E-state index contributed by atoms with van der Waals surface area (Å²) < 4.78 is 40.1.